The van der Waals surface area contributed by atoms with Crippen LogP contribution in [0.3, 0.4) is 0 Å². The molecule has 1 heterocycles. The van der Waals surface area contributed by atoms with E-state index in [4.69, 9.17) is 11.0 Å². The predicted molar refractivity (Wildman–Crippen MR) is 241 cm³/mol. The van der Waals surface area contributed by atoms with E-state index in [1.54, 1.807) is 0 Å². The second kappa shape index (κ2) is 12.1. The number of hydrogen-bond donors (Lipinski definition) is 0. The Labute approximate surface area is 328 Å². The van der Waals surface area contributed by atoms with E-state index in [-0.39, 0.29) is 0 Å². The Morgan fingerprint density at radius 3 is 1.51 bits per heavy atom. The van der Waals surface area contributed by atoms with Crippen LogP contribution >= 0.6 is 0 Å². The van der Waals surface area contributed by atoms with Crippen LogP contribution in [0, 0.1) is 6.57 Å². The molecule has 2 nitrogen and oxygen atoms in total. The van der Waals surface area contributed by atoms with Gasteiger partial charge in [0.25, 0.3) is 0 Å². The summed E-state index contributed by atoms with van der Waals surface area (Å²) >= 11 is 0. The first-order valence-electron chi connectivity index (χ1n) is 19.4. The molecule has 0 bridgehead atoms. The van der Waals surface area contributed by atoms with Crippen molar-refractivity contribution in [3.8, 4) is 33.4 Å². The van der Waals surface area contributed by atoms with Crippen LogP contribution in [0.15, 0.2) is 192 Å². The normalized spacial score (nSPS) is 11.8. The maximum absolute atomic E-state index is 7.28. The lowest BCUT2D eigenvalue weighted by Crippen LogP contribution is -1.86. The highest BCUT2D eigenvalue weighted by Crippen LogP contribution is 2.46. The Balaban J connectivity index is 1.03. The highest BCUT2D eigenvalue weighted by Gasteiger charge is 2.20. The van der Waals surface area contributed by atoms with Crippen molar-refractivity contribution in [1.82, 2.24) is 0 Å². The van der Waals surface area contributed by atoms with Crippen LogP contribution in [0.1, 0.15) is 0 Å². The first-order valence-corrected chi connectivity index (χ1v) is 19.4. The largest absolute Gasteiger partial charge is 0.455 e. The second-order valence-electron chi connectivity index (χ2n) is 15.1. The van der Waals surface area contributed by atoms with Gasteiger partial charge < -0.3 is 4.42 Å². The lowest BCUT2D eigenvalue weighted by Gasteiger charge is -2.13. The monoisotopic (exact) mass is 721 g/mol. The summed E-state index contributed by atoms with van der Waals surface area (Å²) in [6.45, 7) is 7.28. The van der Waals surface area contributed by atoms with Crippen molar-refractivity contribution in [2.45, 2.75) is 0 Å². The SMILES string of the molecule is [C-]#[N+]c1ccc(-c2cccc(-c3ccc(-c4ccc5c(c4)c4ccccc4c4cc6c(cc54)oc4c5ccccc5c5ccc7ccccc7c5c64)cc3)c2)cc1. The van der Waals surface area contributed by atoms with Gasteiger partial charge in [0.15, 0.2) is 5.69 Å². The molecule has 2 heteroatoms. The maximum Gasteiger partial charge on any atom is 0.187 e. The first kappa shape index (κ1) is 31.6. The Bertz CT molecular complexity index is 3680. The summed E-state index contributed by atoms with van der Waals surface area (Å²) in [5.41, 5.74) is 9.43. The Kier molecular flexibility index (Phi) is 6.73. The van der Waals surface area contributed by atoms with Crippen LogP contribution in [0.2, 0.25) is 0 Å². The molecular weight excluding hydrogens is 691 g/mol. The highest BCUT2D eigenvalue weighted by molar-refractivity contribution is 6.37. The van der Waals surface area contributed by atoms with Gasteiger partial charge >= 0.3 is 0 Å². The Hall–Kier alpha value is -7.73. The minimum atomic E-state index is 0.653. The van der Waals surface area contributed by atoms with Crippen molar-refractivity contribution in [1.29, 1.82) is 0 Å². The molecular formula is C55H31NO. The summed E-state index contributed by atoms with van der Waals surface area (Å²) in [5.74, 6) is 0. The van der Waals surface area contributed by atoms with E-state index in [0.29, 0.717) is 5.69 Å². The van der Waals surface area contributed by atoms with E-state index in [1.807, 2.05) is 24.3 Å². The fourth-order valence-corrected chi connectivity index (χ4v) is 9.30. The summed E-state index contributed by atoms with van der Waals surface area (Å²) in [6.07, 6.45) is 0. The predicted octanol–water partition coefficient (Wildman–Crippen LogP) is 16.1. The van der Waals surface area contributed by atoms with E-state index in [2.05, 4.69) is 169 Å². The van der Waals surface area contributed by atoms with Gasteiger partial charge in [-0.1, -0.05) is 164 Å². The van der Waals surface area contributed by atoms with Crippen LogP contribution in [-0.2, 0) is 0 Å². The minimum Gasteiger partial charge on any atom is -0.455 e. The van der Waals surface area contributed by atoms with E-state index in [1.165, 1.54) is 81.3 Å². The van der Waals surface area contributed by atoms with Crippen molar-refractivity contribution in [2.24, 2.45) is 0 Å². The minimum absolute atomic E-state index is 0.653. The zero-order valence-electron chi connectivity index (χ0n) is 30.8. The lowest BCUT2D eigenvalue weighted by atomic mass is 9.90. The molecule has 12 rings (SSSR count). The van der Waals surface area contributed by atoms with Crippen molar-refractivity contribution in [3.05, 3.63) is 199 Å². The highest BCUT2D eigenvalue weighted by atomic mass is 16.3. The van der Waals surface area contributed by atoms with E-state index < -0.39 is 0 Å². The Morgan fingerprint density at radius 2 is 0.825 bits per heavy atom. The standard InChI is InChI=1S/C55H31NO/c1-56-40-25-21-35(22-26-40)38-11-8-10-37(29-38)33-17-19-34(20-18-33)39-24-27-45-48(30-39)42-13-4-5-14-43(42)49-31-51-52(32-50(45)49)57-55-47-16-7-6-15-44(47)46-28-23-36-9-2-3-12-41(36)53(46)54(51)55/h2-32H. The molecule has 0 aliphatic rings. The van der Waals surface area contributed by atoms with Crippen molar-refractivity contribution in [2.75, 3.05) is 0 Å². The van der Waals surface area contributed by atoms with Gasteiger partial charge in [-0.2, -0.15) is 0 Å². The summed E-state index contributed by atoms with van der Waals surface area (Å²) in [4.78, 5) is 3.54. The zero-order valence-corrected chi connectivity index (χ0v) is 30.8. The first-order chi connectivity index (χ1) is 28.2. The number of fused-ring (bicyclic) bond motifs is 16. The van der Waals surface area contributed by atoms with E-state index in [9.17, 15) is 0 Å². The summed E-state index contributed by atoms with van der Waals surface area (Å²) in [5, 5.41) is 17.0. The second-order valence-corrected chi connectivity index (χ2v) is 15.1. The molecule has 57 heavy (non-hydrogen) atoms. The fourth-order valence-electron chi connectivity index (χ4n) is 9.30. The van der Waals surface area contributed by atoms with Gasteiger partial charge in [-0.05, 0) is 112 Å². The van der Waals surface area contributed by atoms with Gasteiger partial charge in [0.1, 0.15) is 11.2 Å². The molecule has 0 saturated carbocycles. The molecule has 12 aromatic rings. The number of rotatable bonds is 3. The van der Waals surface area contributed by atoms with Crippen LogP contribution < -0.4 is 0 Å². The molecule has 0 atom stereocenters. The average Bonchev–Trinajstić information content (AvgIpc) is 3.67. The average molecular weight is 722 g/mol. The van der Waals surface area contributed by atoms with Gasteiger partial charge in [0.05, 0.1) is 6.57 Å². The van der Waals surface area contributed by atoms with E-state index >= 15 is 0 Å². The van der Waals surface area contributed by atoms with E-state index in [0.717, 1.165) is 38.6 Å². The smallest absolute Gasteiger partial charge is 0.187 e. The number of hydrogen-bond acceptors (Lipinski definition) is 1. The zero-order chi connectivity index (χ0) is 37.6. The van der Waals surface area contributed by atoms with Crippen LogP contribution in [-0.4, -0.2) is 0 Å². The fraction of sp³-hybridized carbons (Fsp3) is 0. The number of furan rings is 1. The van der Waals surface area contributed by atoms with Crippen molar-refractivity contribution >= 4 is 92.3 Å². The number of benzene rings is 11. The molecule has 0 spiro atoms. The van der Waals surface area contributed by atoms with Crippen LogP contribution in [0.5, 0.6) is 0 Å². The molecule has 0 saturated heterocycles. The molecule has 1 aromatic heterocycles. The topological polar surface area (TPSA) is 17.5 Å². The van der Waals surface area contributed by atoms with Crippen molar-refractivity contribution in [3.63, 3.8) is 0 Å². The third-order valence-electron chi connectivity index (χ3n) is 12.0. The van der Waals surface area contributed by atoms with Crippen LogP contribution in [0.4, 0.5) is 5.69 Å². The molecule has 262 valence electrons. The van der Waals surface area contributed by atoms with Gasteiger partial charge in [0, 0.05) is 21.5 Å². The summed E-state index contributed by atoms with van der Waals surface area (Å²) in [7, 11) is 0. The molecule has 0 aliphatic carbocycles. The summed E-state index contributed by atoms with van der Waals surface area (Å²) in [6, 6.07) is 67.6. The number of nitrogens with zero attached hydrogens (tertiary/aromatic N) is 1. The van der Waals surface area contributed by atoms with Crippen LogP contribution in [0.25, 0.3) is 125 Å². The molecule has 11 aromatic carbocycles. The maximum atomic E-state index is 7.28. The third-order valence-corrected chi connectivity index (χ3v) is 12.0. The van der Waals surface area contributed by atoms with Gasteiger partial charge in [-0.15, -0.1) is 0 Å². The lowest BCUT2D eigenvalue weighted by molar-refractivity contribution is 0.673. The van der Waals surface area contributed by atoms with Gasteiger partial charge in [0.2, 0.25) is 0 Å². The molecule has 0 radical (unpaired) electrons. The third kappa shape index (κ3) is 4.76. The molecule has 0 fully saturated rings. The molecule has 0 aliphatic heterocycles. The van der Waals surface area contributed by atoms with Gasteiger partial charge in [-0.3, -0.25) is 0 Å². The quantitative estimate of drug-likeness (QED) is 0.131. The van der Waals surface area contributed by atoms with Crippen molar-refractivity contribution < 1.29 is 4.42 Å². The molecule has 0 unspecified atom stereocenters. The Morgan fingerprint density at radius 1 is 0.316 bits per heavy atom. The summed E-state index contributed by atoms with van der Waals surface area (Å²) < 4.78 is 6.96. The molecule has 0 amide bonds. The van der Waals surface area contributed by atoms with Gasteiger partial charge in [-0.25, -0.2) is 4.85 Å². The molecule has 0 N–H and O–H groups in total.